The summed E-state index contributed by atoms with van der Waals surface area (Å²) >= 11 is 0. The van der Waals surface area contributed by atoms with Gasteiger partial charge in [0.25, 0.3) is 0 Å². The van der Waals surface area contributed by atoms with E-state index in [4.69, 9.17) is 10.5 Å². The van der Waals surface area contributed by atoms with Gasteiger partial charge in [-0.3, -0.25) is 4.79 Å². The van der Waals surface area contributed by atoms with E-state index < -0.39 is 0 Å². The third-order valence-electron chi connectivity index (χ3n) is 8.68. The summed E-state index contributed by atoms with van der Waals surface area (Å²) in [6, 6.07) is 0. The molecule has 0 heterocycles. The van der Waals surface area contributed by atoms with Crippen LogP contribution < -0.4 is 5.73 Å². The Balaban J connectivity index is 1.59. The molecule has 3 heteroatoms. The van der Waals surface area contributed by atoms with Crippen LogP contribution >= 0.6 is 0 Å². The topological polar surface area (TPSA) is 52.3 Å². The van der Waals surface area contributed by atoms with Gasteiger partial charge in [-0.2, -0.15) is 0 Å². The molecule has 0 amide bonds. The van der Waals surface area contributed by atoms with E-state index >= 15 is 0 Å². The number of rotatable bonds is 3. The summed E-state index contributed by atoms with van der Waals surface area (Å²) in [7, 11) is 0. The van der Waals surface area contributed by atoms with Gasteiger partial charge in [0.2, 0.25) is 0 Å². The number of hydrogen-bond acceptors (Lipinski definition) is 3. The Hall–Kier alpha value is -1.77. The molecular weight excluding hydrogens is 346 g/mol. The van der Waals surface area contributed by atoms with Crippen molar-refractivity contribution in [1.29, 1.82) is 0 Å². The van der Waals surface area contributed by atoms with Crippen LogP contribution in [-0.4, -0.2) is 12.1 Å². The number of hydrogen-bond donors (Lipinski definition) is 1. The minimum Gasteiger partial charge on any atom is -0.462 e. The van der Waals surface area contributed by atoms with E-state index in [1.54, 1.807) is 11.8 Å². The first-order valence-electron chi connectivity index (χ1n) is 11.0. The first-order chi connectivity index (χ1) is 13.3. The second kappa shape index (κ2) is 6.93. The molecule has 28 heavy (non-hydrogen) atoms. The third-order valence-corrected chi connectivity index (χ3v) is 8.68. The monoisotopic (exact) mass is 381 g/mol. The van der Waals surface area contributed by atoms with Crippen molar-refractivity contribution in [2.75, 3.05) is 0 Å². The lowest BCUT2D eigenvalue weighted by Crippen LogP contribution is -2.50. The number of esters is 1. The molecule has 0 spiro atoms. The SMILES string of the molecule is C=C/C(=C\N)C1=CCC2C3CC=C4C[C@@H](OC(C)=O)CC[C@]4(C)C3CC[C@]12C. The Morgan fingerprint density at radius 2 is 1.93 bits per heavy atom. The highest BCUT2D eigenvalue weighted by molar-refractivity contribution is 5.66. The van der Waals surface area contributed by atoms with Crippen molar-refractivity contribution in [3.8, 4) is 0 Å². The highest BCUT2D eigenvalue weighted by Crippen LogP contribution is 2.65. The molecular formula is C25H35NO2. The summed E-state index contributed by atoms with van der Waals surface area (Å²) in [6.07, 6.45) is 16.6. The zero-order valence-electron chi connectivity index (χ0n) is 17.7. The molecule has 2 N–H and O–H groups in total. The fraction of sp³-hybridized carbons (Fsp3) is 0.640. The molecule has 0 radical (unpaired) electrons. The number of fused-ring (bicyclic) bond motifs is 5. The van der Waals surface area contributed by atoms with Gasteiger partial charge in [-0.15, -0.1) is 0 Å². The Morgan fingerprint density at radius 3 is 2.61 bits per heavy atom. The van der Waals surface area contributed by atoms with Crippen molar-refractivity contribution in [1.82, 2.24) is 0 Å². The van der Waals surface area contributed by atoms with Crippen LogP contribution in [0.5, 0.6) is 0 Å². The van der Waals surface area contributed by atoms with Gasteiger partial charge in [0.1, 0.15) is 6.10 Å². The first-order valence-corrected chi connectivity index (χ1v) is 11.0. The van der Waals surface area contributed by atoms with Gasteiger partial charge in [0, 0.05) is 19.5 Å². The number of ether oxygens (including phenoxy) is 1. The molecule has 3 nitrogen and oxygen atoms in total. The highest BCUT2D eigenvalue weighted by atomic mass is 16.5. The zero-order chi connectivity index (χ0) is 20.1. The van der Waals surface area contributed by atoms with Gasteiger partial charge in [-0.05, 0) is 78.3 Å². The maximum absolute atomic E-state index is 11.4. The second-order valence-electron chi connectivity index (χ2n) is 9.87. The summed E-state index contributed by atoms with van der Waals surface area (Å²) < 4.78 is 5.56. The van der Waals surface area contributed by atoms with Gasteiger partial charge >= 0.3 is 5.97 Å². The molecule has 3 unspecified atom stereocenters. The van der Waals surface area contributed by atoms with Crippen LogP contribution in [0.15, 0.2) is 47.7 Å². The molecule has 4 aliphatic carbocycles. The number of carbonyl (C=O) groups is 1. The smallest absolute Gasteiger partial charge is 0.302 e. The van der Waals surface area contributed by atoms with Crippen molar-refractivity contribution in [3.05, 3.63) is 47.7 Å². The fourth-order valence-corrected chi connectivity index (χ4v) is 7.25. The third kappa shape index (κ3) is 2.81. The largest absolute Gasteiger partial charge is 0.462 e. The first kappa shape index (κ1) is 19.5. The molecule has 152 valence electrons. The standard InChI is InChI=1S/C25H35NO2/c1-5-17(15-26)21-8-9-22-20-7-6-18-14-19(28-16(2)27)10-12-24(18,3)23(20)11-13-25(21,22)4/h5-6,8,15,19-20,22-23H,1,7,9-14,26H2,2-4H3/b17-15+/t19-,20?,22?,23?,24-,25+/m0/s1. The van der Waals surface area contributed by atoms with Crippen LogP contribution in [0, 0.1) is 28.6 Å². The molecule has 2 saturated carbocycles. The summed E-state index contributed by atoms with van der Waals surface area (Å²) in [5.74, 6) is 2.02. The Morgan fingerprint density at radius 1 is 1.18 bits per heavy atom. The van der Waals surface area contributed by atoms with Gasteiger partial charge in [0.15, 0.2) is 0 Å². The van der Waals surface area contributed by atoms with E-state index in [2.05, 4.69) is 32.6 Å². The molecule has 0 bridgehead atoms. The summed E-state index contributed by atoms with van der Waals surface area (Å²) in [4.78, 5) is 11.4. The average molecular weight is 382 g/mol. The van der Waals surface area contributed by atoms with Gasteiger partial charge in [-0.1, -0.05) is 44.2 Å². The highest BCUT2D eigenvalue weighted by Gasteiger charge is 2.57. The van der Waals surface area contributed by atoms with Gasteiger partial charge in [0.05, 0.1) is 0 Å². The van der Waals surface area contributed by atoms with Crippen LogP contribution in [0.25, 0.3) is 0 Å². The summed E-state index contributed by atoms with van der Waals surface area (Å²) in [6.45, 7) is 10.5. The lowest BCUT2D eigenvalue weighted by Gasteiger charge is -2.58. The Kier molecular flexibility index (Phi) is 4.84. The lowest BCUT2D eigenvalue weighted by molar-refractivity contribution is -0.148. The molecule has 0 aromatic heterocycles. The minimum absolute atomic E-state index is 0.0758. The summed E-state index contributed by atoms with van der Waals surface area (Å²) in [5.41, 5.74) is 10.5. The van der Waals surface area contributed by atoms with Crippen LogP contribution in [0.4, 0.5) is 0 Å². The fourth-order valence-electron chi connectivity index (χ4n) is 7.25. The summed E-state index contributed by atoms with van der Waals surface area (Å²) in [5, 5.41) is 0. The van der Waals surface area contributed by atoms with E-state index in [-0.39, 0.29) is 22.9 Å². The molecule has 6 atom stereocenters. The minimum atomic E-state index is -0.146. The zero-order valence-corrected chi connectivity index (χ0v) is 17.7. The molecule has 0 aromatic rings. The molecule has 0 aliphatic heterocycles. The van der Waals surface area contributed by atoms with Crippen molar-refractivity contribution in [2.45, 2.75) is 71.8 Å². The van der Waals surface area contributed by atoms with Crippen molar-refractivity contribution >= 4 is 5.97 Å². The molecule has 0 aromatic carbocycles. The van der Waals surface area contributed by atoms with Crippen molar-refractivity contribution < 1.29 is 9.53 Å². The van der Waals surface area contributed by atoms with E-state index in [1.165, 1.54) is 31.8 Å². The van der Waals surface area contributed by atoms with Crippen LogP contribution in [-0.2, 0) is 9.53 Å². The van der Waals surface area contributed by atoms with Crippen molar-refractivity contribution in [3.63, 3.8) is 0 Å². The number of nitrogens with two attached hydrogens (primary N) is 1. The second-order valence-corrected chi connectivity index (χ2v) is 9.87. The normalized spacial score (nSPS) is 42.5. The van der Waals surface area contributed by atoms with Crippen LogP contribution in [0.3, 0.4) is 0 Å². The van der Waals surface area contributed by atoms with Gasteiger partial charge in [-0.25, -0.2) is 0 Å². The Labute approximate surface area is 169 Å². The van der Waals surface area contributed by atoms with E-state index in [1.807, 2.05) is 6.08 Å². The lowest BCUT2D eigenvalue weighted by atomic mass is 9.47. The Bertz CT molecular complexity index is 775. The molecule has 0 saturated heterocycles. The quantitative estimate of drug-likeness (QED) is 0.402. The number of carbonyl (C=O) groups excluding carboxylic acids is 1. The van der Waals surface area contributed by atoms with Crippen LogP contribution in [0.1, 0.15) is 65.7 Å². The number of allylic oxidation sites excluding steroid dienone is 5. The molecule has 4 aliphatic rings. The van der Waals surface area contributed by atoms with Crippen LogP contribution in [0.2, 0.25) is 0 Å². The van der Waals surface area contributed by atoms with Gasteiger partial charge < -0.3 is 10.5 Å². The molecule has 4 rings (SSSR count). The average Bonchev–Trinajstić information content (AvgIpc) is 3.00. The van der Waals surface area contributed by atoms with E-state index in [0.29, 0.717) is 5.92 Å². The maximum Gasteiger partial charge on any atom is 0.302 e. The van der Waals surface area contributed by atoms with E-state index in [0.717, 1.165) is 43.1 Å². The predicted molar refractivity (Wildman–Crippen MR) is 113 cm³/mol. The maximum atomic E-state index is 11.4. The van der Waals surface area contributed by atoms with E-state index in [9.17, 15) is 4.79 Å². The van der Waals surface area contributed by atoms with Crippen molar-refractivity contribution in [2.24, 2.45) is 34.3 Å². The molecule has 2 fully saturated rings. The predicted octanol–water partition coefficient (Wildman–Crippen LogP) is 5.45.